The van der Waals surface area contributed by atoms with Crippen molar-refractivity contribution in [2.24, 2.45) is 0 Å². The molecule has 0 atom stereocenters. The van der Waals surface area contributed by atoms with Crippen molar-refractivity contribution in [3.05, 3.63) is 24.3 Å². The Morgan fingerprint density at radius 1 is 1.19 bits per heavy atom. The summed E-state index contributed by atoms with van der Waals surface area (Å²) in [7, 11) is 4.32. The molecule has 3 heteroatoms. The average molecular weight is 220 g/mol. The maximum atomic E-state index is 9.26. The Hall–Kier alpha value is -1.22. The molecule has 0 bridgehead atoms. The van der Waals surface area contributed by atoms with Gasteiger partial charge in [0.05, 0.1) is 0 Å². The fraction of sp³-hybridized carbons (Fsp3) is 0.538. The molecule has 16 heavy (non-hydrogen) atoms. The molecule has 2 rings (SSSR count). The lowest BCUT2D eigenvalue weighted by Crippen LogP contribution is -2.41. The van der Waals surface area contributed by atoms with Gasteiger partial charge in [-0.05, 0) is 57.2 Å². The smallest absolute Gasteiger partial charge is 0.115 e. The van der Waals surface area contributed by atoms with Gasteiger partial charge >= 0.3 is 0 Å². The predicted octanol–water partition coefficient (Wildman–Crippen LogP) is 1.92. The molecular formula is C13H20N2O. The highest BCUT2D eigenvalue weighted by Gasteiger charge is 2.20. The number of likely N-dealkylation sites (tertiary alicyclic amines) is 1. The van der Waals surface area contributed by atoms with Gasteiger partial charge < -0.3 is 14.9 Å². The molecule has 3 nitrogen and oxygen atoms in total. The fourth-order valence-electron chi connectivity index (χ4n) is 2.28. The summed E-state index contributed by atoms with van der Waals surface area (Å²) in [4.78, 5) is 4.70. The zero-order valence-electron chi connectivity index (χ0n) is 10.1. The van der Waals surface area contributed by atoms with E-state index in [2.05, 4.69) is 23.9 Å². The molecule has 1 aliphatic heterocycles. The maximum absolute atomic E-state index is 9.26. The van der Waals surface area contributed by atoms with Gasteiger partial charge in [-0.1, -0.05) is 0 Å². The first kappa shape index (κ1) is 11.3. The van der Waals surface area contributed by atoms with Crippen LogP contribution in [0.5, 0.6) is 5.75 Å². The van der Waals surface area contributed by atoms with Gasteiger partial charge in [-0.2, -0.15) is 0 Å². The van der Waals surface area contributed by atoms with Crippen LogP contribution in [-0.4, -0.2) is 43.2 Å². The molecule has 0 radical (unpaired) electrons. The number of phenolic OH excluding ortho intramolecular Hbond substituents is 1. The first-order valence-electron chi connectivity index (χ1n) is 5.87. The van der Waals surface area contributed by atoms with Crippen LogP contribution in [0, 0.1) is 0 Å². The van der Waals surface area contributed by atoms with E-state index >= 15 is 0 Å². The van der Waals surface area contributed by atoms with E-state index in [0.717, 1.165) is 0 Å². The third-order valence-corrected chi connectivity index (χ3v) is 3.49. The summed E-state index contributed by atoms with van der Waals surface area (Å²) in [6.45, 7) is 2.35. The zero-order chi connectivity index (χ0) is 11.5. The molecule has 1 saturated heterocycles. The number of phenols is 1. The molecule has 1 aromatic carbocycles. The van der Waals surface area contributed by atoms with E-state index in [-0.39, 0.29) is 0 Å². The molecule has 1 aromatic rings. The zero-order valence-corrected chi connectivity index (χ0v) is 10.1. The maximum Gasteiger partial charge on any atom is 0.115 e. The normalized spacial score (nSPS) is 18.6. The van der Waals surface area contributed by atoms with Gasteiger partial charge in [-0.15, -0.1) is 0 Å². The van der Waals surface area contributed by atoms with Gasteiger partial charge in [0.2, 0.25) is 0 Å². The highest BCUT2D eigenvalue weighted by Crippen LogP contribution is 2.23. The van der Waals surface area contributed by atoms with Gasteiger partial charge in [0.15, 0.2) is 0 Å². The first-order chi connectivity index (χ1) is 7.66. The largest absolute Gasteiger partial charge is 0.508 e. The summed E-state index contributed by atoms with van der Waals surface area (Å²) in [5, 5.41) is 9.26. The SMILES string of the molecule is CN1CCC(N(C)c2ccc(O)cc2)CC1. The Balaban J connectivity index is 2.01. The van der Waals surface area contributed by atoms with Crippen LogP contribution >= 0.6 is 0 Å². The standard InChI is InChI=1S/C13H20N2O/c1-14-9-7-12(8-10-14)15(2)11-3-5-13(16)6-4-11/h3-6,12,16H,7-10H2,1-2H3. The van der Waals surface area contributed by atoms with Crippen molar-refractivity contribution in [3.63, 3.8) is 0 Å². The summed E-state index contributed by atoms with van der Waals surface area (Å²) in [5.74, 6) is 0.334. The lowest BCUT2D eigenvalue weighted by Gasteiger charge is -2.36. The molecule has 1 heterocycles. The fourth-order valence-corrected chi connectivity index (χ4v) is 2.28. The van der Waals surface area contributed by atoms with Crippen LogP contribution in [0.25, 0.3) is 0 Å². The summed E-state index contributed by atoms with van der Waals surface area (Å²) in [6, 6.07) is 8.09. The van der Waals surface area contributed by atoms with Crippen LogP contribution in [0.2, 0.25) is 0 Å². The van der Waals surface area contributed by atoms with E-state index < -0.39 is 0 Å². The molecule has 1 fully saturated rings. The molecular weight excluding hydrogens is 200 g/mol. The molecule has 0 aliphatic carbocycles. The molecule has 0 saturated carbocycles. The quantitative estimate of drug-likeness (QED) is 0.825. The van der Waals surface area contributed by atoms with E-state index in [1.807, 2.05) is 12.1 Å². The number of hydrogen-bond acceptors (Lipinski definition) is 3. The van der Waals surface area contributed by atoms with Crippen LogP contribution in [0.1, 0.15) is 12.8 Å². The summed E-state index contributed by atoms with van der Waals surface area (Å²) in [5.41, 5.74) is 1.19. The van der Waals surface area contributed by atoms with Gasteiger partial charge in [0.1, 0.15) is 5.75 Å². The third-order valence-electron chi connectivity index (χ3n) is 3.49. The van der Waals surface area contributed by atoms with Crippen LogP contribution in [0.3, 0.4) is 0 Å². The number of piperidine rings is 1. The molecule has 1 aliphatic rings. The third kappa shape index (κ3) is 2.47. The Morgan fingerprint density at radius 3 is 2.31 bits per heavy atom. The summed E-state index contributed by atoms with van der Waals surface area (Å²) >= 11 is 0. The first-order valence-corrected chi connectivity index (χ1v) is 5.87. The average Bonchev–Trinajstić information content (AvgIpc) is 2.30. The van der Waals surface area contributed by atoms with Crippen molar-refractivity contribution >= 4 is 5.69 Å². The summed E-state index contributed by atoms with van der Waals surface area (Å²) in [6.07, 6.45) is 2.43. The molecule has 0 aromatic heterocycles. The Kier molecular flexibility index (Phi) is 3.34. The lowest BCUT2D eigenvalue weighted by atomic mass is 10.0. The molecule has 0 unspecified atom stereocenters. The van der Waals surface area contributed by atoms with Crippen molar-refractivity contribution in [3.8, 4) is 5.75 Å². The number of aromatic hydroxyl groups is 1. The van der Waals surface area contributed by atoms with Gasteiger partial charge in [0, 0.05) is 18.8 Å². The Bertz CT molecular complexity index is 328. The van der Waals surface area contributed by atoms with Crippen molar-refractivity contribution in [1.29, 1.82) is 0 Å². The molecule has 1 N–H and O–H groups in total. The van der Waals surface area contributed by atoms with E-state index in [1.54, 1.807) is 12.1 Å². The highest BCUT2D eigenvalue weighted by atomic mass is 16.3. The minimum atomic E-state index is 0.334. The number of rotatable bonds is 2. The van der Waals surface area contributed by atoms with Crippen molar-refractivity contribution in [1.82, 2.24) is 4.90 Å². The van der Waals surface area contributed by atoms with E-state index in [0.29, 0.717) is 11.8 Å². The van der Waals surface area contributed by atoms with E-state index in [4.69, 9.17) is 0 Å². The molecule has 0 amide bonds. The molecule has 88 valence electrons. The van der Waals surface area contributed by atoms with Crippen LogP contribution in [-0.2, 0) is 0 Å². The predicted molar refractivity (Wildman–Crippen MR) is 67.0 cm³/mol. The van der Waals surface area contributed by atoms with Gasteiger partial charge in [-0.3, -0.25) is 0 Å². The number of anilines is 1. The highest BCUT2D eigenvalue weighted by molar-refractivity contribution is 5.49. The lowest BCUT2D eigenvalue weighted by molar-refractivity contribution is 0.253. The topological polar surface area (TPSA) is 26.7 Å². The van der Waals surface area contributed by atoms with Crippen LogP contribution < -0.4 is 4.90 Å². The Morgan fingerprint density at radius 2 is 1.75 bits per heavy atom. The minimum absolute atomic E-state index is 0.334. The second-order valence-electron chi connectivity index (χ2n) is 4.66. The van der Waals surface area contributed by atoms with Crippen molar-refractivity contribution in [2.75, 3.05) is 32.1 Å². The second-order valence-corrected chi connectivity index (χ2v) is 4.66. The van der Waals surface area contributed by atoms with Crippen LogP contribution in [0.4, 0.5) is 5.69 Å². The van der Waals surface area contributed by atoms with E-state index in [9.17, 15) is 5.11 Å². The molecule has 0 spiro atoms. The van der Waals surface area contributed by atoms with Crippen molar-refractivity contribution in [2.45, 2.75) is 18.9 Å². The number of nitrogens with zero attached hydrogens (tertiary/aromatic N) is 2. The van der Waals surface area contributed by atoms with Gasteiger partial charge in [-0.25, -0.2) is 0 Å². The minimum Gasteiger partial charge on any atom is -0.508 e. The Labute approximate surface area is 97.3 Å². The number of hydrogen-bond donors (Lipinski definition) is 1. The van der Waals surface area contributed by atoms with Crippen LogP contribution in [0.15, 0.2) is 24.3 Å². The van der Waals surface area contributed by atoms with Gasteiger partial charge in [0.25, 0.3) is 0 Å². The monoisotopic (exact) mass is 220 g/mol. The summed E-state index contributed by atoms with van der Waals surface area (Å²) < 4.78 is 0. The van der Waals surface area contributed by atoms with Crippen molar-refractivity contribution < 1.29 is 5.11 Å². The second kappa shape index (κ2) is 4.74. The number of benzene rings is 1. The van der Waals surface area contributed by atoms with E-state index in [1.165, 1.54) is 31.6 Å².